The van der Waals surface area contributed by atoms with Crippen molar-refractivity contribution in [2.24, 2.45) is 0 Å². The normalized spacial score (nSPS) is 19.4. The summed E-state index contributed by atoms with van der Waals surface area (Å²) in [6.07, 6.45) is 0.853. The minimum absolute atomic E-state index is 0.0405. The van der Waals surface area contributed by atoms with E-state index >= 15 is 0 Å². The molecule has 0 saturated carbocycles. The third-order valence-electron chi connectivity index (χ3n) is 4.60. The Morgan fingerprint density at radius 2 is 1.96 bits per heavy atom. The Labute approximate surface area is 154 Å². The van der Waals surface area contributed by atoms with Crippen LogP contribution >= 0.6 is 15.9 Å². The minimum atomic E-state index is -4.19. The van der Waals surface area contributed by atoms with E-state index in [1.165, 1.54) is 12.1 Å². The van der Waals surface area contributed by atoms with Gasteiger partial charge >= 0.3 is 0 Å². The molecule has 0 aromatic heterocycles. The number of nitrogens with one attached hydrogen (secondary N) is 1. The summed E-state index contributed by atoms with van der Waals surface area (Å²) in [6, 6.07) is 8.34. The summed E-state index contributed by atoms with van der Waals surface area (Å²) in [7, 11) is -4.19. The maximum absolute atomic E-state index is 11.3. The largest absolute Gasteiger partial charge is 0.454 e. The highest BCUT2D eigenvalue weighted by Gasteiger charge is 2.28. The van der Waals surface area contributed by atoms with E-state index in [1.807, 2.05) is 6.07 Å². The molecule has 2 aromatic carbocycles. The van der Waals surface area contributed by atoms with Gasteiger partial charge in [0, 0.05) is 12.5 Å². The Kier molecular flexibility index (Phi) is 4.23. The lowest BCUT2D eigenvalue weighted by molar-refractivity contribution is 0.173. The first kappa shape index (κ1) is 16.8. The lowest BCUT2D eigenvalue weighted by atomic mass is 9.88. The fourth-order valence-electron chi connectivity index (χ4n) is 3.36. The van der Waals surface area contributed by atoms with Crippen molar-refractivity contribution >= 4 is 26.0 Å². The van der Waals surface area contributed by atoms with E-state index < -0.39 is 10.1 Å². The summed E-state index contributed by atoms with van der Waals surface area (Å²) in [5, 5.41) is 3.42. The molecule has 1 unspecified atom stereocenters. The molecule has 0 radical (unpaired) electrons. The number of halogens is 1. The van der Waals surface area contributed by atoms with Crippen molar-refractivity contribution in [2.75, 3.05) is 19.9 Å². The SMILES string of the molecule is O=S(=O)(O)c1ccc(C2CNCCc3c2cc2c(c3Br)OCO2)cc1. The maximum atomic E-state index is 11.3. The topological polar surface area (TPSA) is 84.9 Å². The van der Waals surface area contributed by atoms with E-state index in [1.54, 1.807) is 12.1 Å². The molecule has 0 spiro atoms. The molecule has 132 valence electrons. The van der Waals surface area contributed by atoms with Gasteiger partial charge in [0.25, 0.3) is 10.1 Å². The molecule has 1 atom stereocenters. The van der Waals surface area contributed by atoms with E-state index in [0.29, 0.717) is 5.75 Å². The summed E-state index contributed by atoms with van der Waals surface area (Å²) in [5.41, 5.74) is 3.26. The molecule has 2 aliphatic rings. The van der Waals surface area contributed by atoms with Crippen molar-refractivity contribution < 1.29 is 22.4 Å². The lowest BCUT2D eigenvalue weighted by Gasteiger charge is -2.20. The molecule has 0 saturated heterocycles. The summed E-state index contributed by atoms with van der Waals surface area (Å²) in [6.45, 7) is 1.78. The maximum Gasteiger partial charge on any atom is 0.294 e. The van der Waals surface area contributed by atoms with E-state index in [2.05, 4.69) is 21.2 Å². The average molecular weight is 426 g/mol. The second-order valence-electron chi connectivity index (χ2n) is 6.04. The lowest BCUT2D eigenvalue weighted by Crippen LogP contribution is -2.20. The molecule has 2 aromatic rings. The Balaban J connectivity index is 1.81. The van der Waals surface area contributed by atoms with Crippen molar-refractivity contribution in [1.82, 2.24) is 5.32 Å². The molecule has 25 heavy (non-hydrogen) atoms. The van der Waals surface area contributed by atoms with Gasteiger partial charge in [0.1, 0.15) is 0 Å². The van der Waals surface area contributed by atoms with Crippen LogP contribution < -0.4 is 14.8 Å². The predicted octanol–water partition coefficient (Wildman–Crippen LogP) is 2.70. The summed E-state index contributed by atoms with van der Waals surface area (Å²) < 4.78 is 43.7. The van der Waals surface area contributed by atoms with Crippen LogP contribution in [0.25, 0.3) is 0 Å². The second-order valence-corrected chi connectivity index (χ2v) is 8.26. The van der Waals surface area contributed by atoms with Crippen molar-refractivity contribution in [3.63, 3.8) is 0 Å². The molecule has 8 heteroatoms. The molecule has 0 amide bonds. The molecule has 0 bridgehead atoms. The zero-order chi connectivity index (χ0) is 17.6. The van der Waals surface area contributed by atoms with Crippen LogP contribution in [0.5, 0.6) is 11.5 Å². The van der Waals surface area contributed by atoms with Crippen molar-refractivity contribution in [3.05, 3.63) is 51.5 Å². The van der Waals surface area contributed by atoms with Gasteiger partial charge in [0.2, 0.25) is 6.79 Å². The monoisotopic (exact) mass is 425 g/mol. The van der Waals surface area contributed by atoms with E-state index in [4.69, 9.17) is 14.0 Å². The van der Waals surface area contributed by atoms with Crippen LogP contribution in [-0.4, -0.2) is 32.9 Å². The van der Waals surface area contributed by atoms with Gasteiger partial charge in [-0.3, -0.25) is 4.55 Å². The van der Waals surface area contributed by atoms with Gasteiger partial charge in [-0.05, 0) is 63.8 Å². The Morgan fingerprint density at radius 3 is 2.68 bits per heavy atom. The van der Waals surface area contributed by atoms with Crippen LogP contribution in [0, 0.1) is 0 Å². The highest BCUT2D eigenvalue weighted by molar-refractivity contribution is 9.10. The molecule has 0 aliphatic carbocycles. The quantitative estimate of drug-likeness (QED) is 0.719. The second kappa shape index (κ2) is 6.28. The van der Waals surface area contributed by atoms with Gasteiger partial charge in [-0.2, -0.15) is 8.42 Å². The molecule has 2 aliphatic heterocycles. The third kappa shape index (κ3) is 3.03. The summed E-state index contributed by atoms with van der Waals surface area (Å²) in [4.78, 5) is -0.107. The van der Waals surface area contributed by atoms with E-state index in [0.717, 1.165) is 46.4 Å². The van der Waals surface area contributed by atoms with Crippen LogP contribution in [0.1, 0.15) is 22.6 Å². The van der Waals surface area contributed by atoms with Crippen LogP contribution in [-0.2, 0) is 16.5 Å². The van der Waals surface area contributed by atoms with Gasteiger partial charge < -0.3 is 14.8 Å². The number of hydrogen-bond acceptors (Lipinski definition) is 5. The summed E-state index contributed by atoms with van der Waals surface area (Å²) in [5.74, 6) is 1.49. The molecule has 2 N–H and O–H groups in total. The minimum Gasteiger partial charge on any atom is -0.454 e. The Morgan fingerprint density at radius 1 is 1.20 bits per heavy atom. The van der Waals surface area contributed by atoms with Gasteiger partial charge in [0.15, 0.2) is 11.5 Å². The predicted molar refractivity (Wildman–Crippen MR) is 94.9 cm³/mol. The van der Waals surface area contributed by atoms with E-state index in [-0.39, 0.29) is 17.6 Å². The van der Waals surface area contributed by atoms with Crippen molar-refractivity contribution in [2.45, 2.75) is 17.2 Å². The van der Waals surface area contributed by atoms with Crippen LogP contribution in [0.2, 0.25) is 0 Å². The van der Waals surface area contributed by atoms with Gasteiger partial charge in [-0.15, -0.1) is 0 Å². The molecular formula is C17H16BrNO5S. The fraction of sp³-hybridized carbons (Fsp3) is 0.294. The van der Waals surface area contributed by atoms with E-state index in [9.17, 15) is 8.42 Å². The zero-order valence-corrected chi connectivity index (χ0v) is 15.6. The number of fused-ring (bicyclic) bond motifs is 2. The van der Waals surface area contributed by atoms with Gasteiger partial charge in [-0.1, -0.05) is 12.1 Å². The smallest absolute Gasteiger partial charge is 0.294 e. The van der Waals surface area contributed by atoms with Gasteiger partial charge in [0.05, 0.1) is 9.37 Å². The highest BCUT2D eigenvalue weighted by atomic mass is 79.9. The molecule has 4 rings (SSSR count). The number of benzene rings is 2. The third-order valence-corrected chi connectivity index (χ3v) is 6.30. The molecule has 6 nitrogen and oxygen atoms in total. The fourth-order valence-corrected chi connectivity index (χ4v) is 4.58. The highest BCUT2D eigenvalue weighted by Crippen LogP contribution is 2.46. The Bertz CT molecular complexity index is 927. The average Bonchev–Trinajstić information content (AvgIpc) is 2.94. The van der Waals surface area contributed by atoms with Crippen LogP contribution in [0.4, 0.5) is 0 Å². The van der Waals surface area contributed by atoms with Crippen LogP contribution in [0.3, 0.4) is 0 Å². The first-order valence-corrected chi connectivity index (χ1v) is 10.1. The molecule has 0 fully saturated rings. The molecular weight excluding hydrogens is 410 g/mol. The first-order chi connectivity index (χ1) is 11.9. The van der Waals surface area contributed by atoms with Crippen LogP contribution in [0.15, 0.2) is 39.7 Å². The first-order valence-electron chi connectivity index (χ1n) is 7.84. The Hall–Kier alpha value is -1.61. The van der Waals surface area contributed by atoms with Gasteiger partial charge in [-0.25, -0.2) is 0 Å². The zero-order valence-electron chi connectivity index (χ0n) is 13.2. The number of ether oxygens (including phenoxy) is 2. The molecule has 2 heterocycles. The number of rotatable bonds is 2. The standard InChI is InChI=1S/C17H16BrNO5S/c18-16-12-5-6-19-8-14(13(12)7-15-17(16)24-9-23-15)10-1-3-11(4-2-10)25(20,21)22/h1-4,7,14,19H,5-6,8-9H2,(H,20,21,22). The summed E-state index contributed by atoms with van der Waals surface area (Å²) >= 11 is 3.65. The van der Waals surface area contributed by atoms with Crippen molar-refractivity contribution in [1.29, 1.82) is 0 Å². The number of hydrogen-bond donors (Lipinski definition) is 2. The van der Waals surface area contributed by atoms with Crippen molar-refractivity contribution in [3.8, 4) is 11.5 Å².